The molecular formula is C30H34Cl2N4O. The molecule has 37 heavy (non-hydrogen) atoms. The van der Waals surface area contributed by atoms with Crippen LogP contribution in [-0.4, -0.2) is 35.6 Å². The molecule has 2 aliphatic heterocycles. The van der Waals surface area contributed by atoms with Crippen molar-refractivity contribution in [2.75, 3.05) is 23.3 Å². The highest BCUT2D eigenvalue weighted by Gasteiger charge is 2.32. The number of hydrogen-bond acceptors (Lipinski definition) is 3. The largest absolute Gasteiger partial charge is 0.382 e. The number of halogens is 2. The highest BCUT2D eigenvalue weighted by molar-refractivity contribution is 6.34. The summed E-state index contributed by atoms with van der Waals surface area (Å²) in [5.41, 5.74) is 6.57. The van der Waals surface area contributed by atoms with Gasteiger partial charge in [0.05, 0.1) is 16.4 Å². The molecule has 0 spiro atoms. The van der Waals surface area contributed by atoms with E-state index in [1.165, 1.54) is 0 Å². The Bertz CT molecular complexity index is 1310. The number of fused-ring (bicyclic) bond motifs is 1. The van der Waals surface area contributed by atoms with Crippen LogP contribution >= 0.6 is 23.2 Å². The highest BCUT2D eigenvalue weighted by Crippen LogP contribution is 2.44. The summed E-state index contributed by atoms with van der Waals surface area (Å²) in [5.74, 6) is 0. The molecule has 5 nitrogen and oxygen atoms in total. The number of anilines is 3. The molecule has 2 heterocycles. The molecule has 2 aliphatic rings. The molecule has 1 saturated heterocycles. The average molecular weight is 538 g/mol. The van der Waals surface area contributed by atoms with Crippen molar-refractivity contribution < 1.29 is 4.79 Å². The van der Waals surface area contributed by atoms with Crippen LogP contribution < -0.4 is 15.5 Å². The van der Waals surface area contributed by atoms with Crippen LogP contribution in [0.3, 0.4) is 0 Å². The quantitative estimate of drug-likeness (QED) is 0.355. The summed E-state index contributed by atoms with van der Waals surface area (Å²) in [5, 5.41) is 8.05. The maximum Gasteiger partial charge on any atom is 0.326 e. The molecule has 2 amide bonds. The van der Waals surface area contributed by atoms with Crippen LogP contribution in [0.2, 0.25) is 10.0 Å². The van der Waals surface area contributed by atoms with E-state index in [-0.39, 0.29) is 11.6 Å². The molecule has 194 valence electrons. The number of para-hydroxylation sites is 1. The third kappa shape index (κ3) is 5.18. The molecule has 0 aliphatic carbocycles. The summed E-state index contributed by atoms with van der Waals surface area (Å²) >= 11 is 13.3. The third-order valence-corrected chi connectivity index (χ3v) is 8.11. The second-order valence-electron chi connectivity index (χ2n) is 11.0. The van der Waals surface area contributed by atoms with Gasteiger partial charge in [0.15, 0.2) is 0 Å². The first-order valence-electron chi connectivity index (χ1n) is 12.9. The zero-order chi connectivity index (χ0) is 26.3. The highest BCUT2D eigenvalue weighted by atomic mass is 35.5. The number of likely N-dealkylation sites (tertiary alicyclic amines) is 1. The molecular weight excluding hydrogens is 503 g/mol. The fourth-order valence-corrected chi connectivity index (χ4v) is 6.00. The Morgan fingerprint density at radius 1 is 0.946 bits per heavy atom. The molecule has 3 aromatic rings. The van der Waals surface area contributed by atoms with E-state index in [4.69, 9.17) is 23.2 Å². The number of piperidine rings is 1. The summed E-state index contributed by atoms with van der Waals surface area (Å²) < 4.78 is 0. The van der Waals surface area contributed by atoms with Crippen molar-refractivity contribution >= 4 is 46.3 Å². The van der Waals surface area contributed by atoms with Crippen molar-refractivity contribution in [2.24, 2.45) is 0 Å². The summed E-state index contributed by atoms with van der Waals surface area (Å²) in [6.45, 7) is 11.3. The lowest BCUT2D eigenvalue weighted by molar-refractivity contribution is 0.106. The van der Waals surface area contributed by atoms with Gasteiger partial charge < -0.3 is 10.6 Å². The minimum atomic E-state index is -0.190. The number of nitrogens with one attached hydrogen (secondary N) is 2. The van der Waals surface area contributed by atoms with E-state index in [2.05, 4.69) is 48.4 Å². The van der Waals surface area contributed by atoms with Gasteiger partial charge in [-0.15, -0.1) is 0 Å². The Morgan fingerprint density at radius 2 is 1.65 bits per heavy atom. The second kappa shape index (κ2) is 10.2. The first-order valence-corrected chi connectivity index (χ1v) is 13.7. The first kappa shape index (κ1) is 25.9. The zero-order valence-corrected chi connectivity index (χ0v) is 23.4. The number of urea groups is 1. The number of carbonyl (C=O) groups excluding carboxylic acids is 1. The van der Waals surface area contributed by atoms with Gasteiger partial charge in [-0.05, 0) is 75.9 Å². The number of nitrogens with zero attached hydrogens (tertiary/aromatic N) is 2. The fraction of sp³-hybridized carbons (Fsp3) is 0.367. The number of aryl methyl sites for hydroxylation is 1. The first-order chi connectivity index (χ1) is 17.6. The molecule has 3 aromatic carbocycles. The Morgan fingerprint density at radius 3 is 2.32 bits per heavy atom. The molecule has 7 heteroatoms. The molecule has 0 saturated carbocycles. The number of benzene rings is 3. The predicted molar refractivity (Wildman–Crippen MR) is 155 cm³/mol. The van der Waals surface area contributed by atoms with Crippen molar-refractivity contribution in [1.82, 2.24) is 10.2 Å². The number of hydrogen-bond donors (Lipinski definition) is 2. The maximum absolute atomic E-state index is 13.3. The summed E-state index contributed by atoms with van der Waals surface area (Å²) in [6, 6.07) is 18.0. The van der Waals surface area contributed by atoms with Gasteiger partial charge in [-0.1, -0.05) is 53.5 Å². The Balaban J connectivity index is 1.59. The lowest BCUT2D eigenvalue weighted by Gasteiger charge is -2.41. The number of carbonyl (C=O) groups is 1. The predicted octanol–water partition coefficient (Wildman–Crippen LogP) is 8.00. The molecule has 0 unspecified atom stereocenters. The molecule has 2 N–H and O–H groups in total. The van der Waals surface area contributed by atoms with Gasteiger partial charge in [0.25, 0.3) is 0 Å². The van der Waals surface area contributed by atoms with Crippen molar-refractivity contribution in [3.63, 3.8) is 0 Å². The minimum Gasteiger partial charge on any atom is -0.382 e. The molecule has 0 radical (unpaired) electrons. The van der Waals surface area contributed by atoms with E-state index in [1.807, 2.05) is 49.4 Å². The number of rotatable bonds is 4. The van der Waals surface area contributed by atoms with Gasteiger partial charge in [0.1, 0.15) is 0 Å². The van der Waals surface area contributed by atoms with Crippen molar-refractivity contribution in [3.8, 4) is 11.1 Å². The Kier molecular flexibility index (Phi) is 7.14. The van der Waals surface area contributed by atoms with Gasteiger partial charge in [-0.3, -0.25) is 9.80 Å². The van der Waals surface area contributed by atoms with E-state index >= 15 is 0 Å². The van der Waals surface area contributed by atoms with E-state index in [9.17, 15) is 4.79 Å². The van der Waals surface area contributed by atoms with Gasteiger partial charge in [0, 0.05) is 53.1 Å². The Labute approximate surface area is 229 Å². The van der Waals surface area contributed by atoms with Crippen LogP contribution in [0.4, 0.5) is 21.9 Å². The van der Waals surface area contributed by atoms with Crippen LogP contribution in [0.15, 0.2) is 54.6 Å². The number of amides is 2. The second-order valence-corrected chi connectivity index (χ2v) is 11.8. The van der Waals surface area contributed by atoms with Crippen LogP contribution in [0.25, 0.3) is 11.1 Å². The van der Waals surface area contributed by atoms with Crippen molar-refractivity contribution in [1.29, 1.82) is 0 Å². The standard InChI is InChI=1S/C30H34Cl2N4O/c1-19-8-7-11-26(32)28(19)36-27-17-21(34-20-12-14-35(15-13-20)30(2,3)4)16-23(24(27)18-33-29(36)37)22-9-5-6-10-25(22)31/h5-11,16-17,20,34H,12-15,18H2,1-4H3,(H,33,37). The fourth-order valence-electron chi connectivity index (χ4n) is 5.46. The lowest BCUT2D eigenvalue weighted by atomic mass is 9.94. The Hall–Kier alpha value is -2.73. The zero-order valence-electron chi connectivity index (χ0n) is 21.9. The molecule has 1 fully saturated rings. The van der Waals surface area contributed by atoms with Gasteiger partial charge in [-0.25, -0.2) is 4.79 Å². The maximum atomic E-state index is 13.3. The van der Waals surface area contributed by atoms with Crippen LogP contribution in [0, 0.1) is 6.92 Å². The minimum absolute atomic E-state index is 0.175. The molecule has 5 rings (SSSR count). The monoisotopic (exact) mass is 536 g/mol. The third-order valence-electron chi connectivity index (χ3n) is 7.48. The normalized spacial score (nSPS) is 16.9. The van der Waals surface area contributed by atoms with Gasteiger partial charge >= 0.3 is 6.03 Å². The van der Waals surface area contributed by atoms with Crippen molar-refractivity contribution in [3.05, 3.63) is 75.8 Å². The van der Waals surface area contributed by atoms with Crippen LogP contribution in [0.5, 0.6) is 0 Å². The topological polar surface area (TPSA) is 47.6 Å². The molecule has 0 atom stereocenters. The van der Waals surface area contributed by atoms with Gasteiger partial charge in [0.2, 0.25) is 0 Å². The lowest BCUT2D eigenvalue weighted by Crippen LogP contribution is -2.48. The average Bonchev–Trinajstić information content (AvgIpc) is 2.85. The van der Waals surface area contributed by atoms with Crippen LogP contribution in [-0.2, 0) is 6.54 Å². The summed E-state index contributed by atoms with van der Waals surface area (Å²) in [4.78, 5) is 17.6. The SMILES string of the molecule is Cc1cccc(Cl)c1N1C(=O)NCc2c(-c3ccccc3Cl)cc(NC3CCN(C(C)(C)C)CC3)cc21. The smallest absolute Gasteiger partial charge is 0.326 e. The summed E-state index contributed by atoms with van der Waals surface area (Å²) in [7, 11) is 0. The van der Waals surface area contributed by atoms with E-state index in [1.54, 1.807) is 4.90 Å². The van der Waals surface area contributed by atoms with Crippen LogP contribution in [0.1, 0.15) is 44.7 Å². The molecule has 0 bridgehead atoms. The van der Waals surface area contributed by atoms with Gasteiger partial charge in [-0.2, -0.15) is 0 Å². The van der Waals surface area contributed by atoms with Crippen molar-refractivity contribution in [2.45, 2.75) is 58.7 Å². The van der Waals surface area contributed by atoms with E-state index in [0.29, 0.717) is 28.3 Å². The molecule has 0 aromatic heterocycles. The van der Waals surface area contributed by atoms with E-state index in [0.717, 1.165) is 59.6 Å². The van der Waals surface area contributed by atoms with E-state index < -0.39 is 0 Å². The summed E-state index contributed by atoms with van der Waals surface area (Å²) in [6.07, 6.45) is 2.12.